The van der Waals surface area contributed by atoms with Gasteiger partial charge in [-0.25, -0.2) is 0 Å². The highest BCUT2D eigenvalue weighted by Crippen LogP contribution is 2.27. The minimum Gasteiger partial charge on any atom is -0.452 e. The van der Waals surface area contributed by atoms with Crippen LogP contribution in [-0.2, 0) is 27.2 Å². The van der Waals surface area contributed by atoms with Gasteiger partial charge in [-0.15, -0.1) is 11.8 Å². The quantitative estimate of drug-likeness (QED) is 0.647. The summed E-state index contributed by atoms with van der Waals surface area (Å²) in [5, 5.41) is 2.63. The van der Waals surface area contributed by atoms with Gasteiger partial charge in [-0.1, -0.05) is 6.07 Å². The Balaban J connectivity index is 1.80. The number of rotatable bonds is 6. The average molecular weight is 307 g/mol. The highest BCUT2D eigenvalue weighted by atomic mass is 32.2. The third kappa shape index (κ3) is 4.49. The summed E-state index contributed by atoms with van der Waals surface area (Å²) in [5.74, 6) is -0.393. The zero-order chi connectivity index (χ0) is 15.2. The molecule has 1 N–H and O–H groups in total. The molecular formula is C16H21NO3S. The topological polar surface area (TPSA) is 55.4 Å². The lowest BCUT2D eigenvalue weighted by Gasteiger charge is -2.12. The number of nitrogens with one attached hydrogen (secondary N) is 1. The summed E-state index contributed by atoms with van der Waals surface area (Å²) in [6, 6.07) is 6.36. The number of fused-ring (bicyclic) bond motifs is 1. The molecule has 0 unspecified atom stereocenters. The van der Waals surface area contributed by atoms with E-state index < -0.39 is 6.10 Å². The van der Waals surface area contributed by atoms with E-state index in [1.165, 1.54) is 29.3 Å². The van der Waals surface area contributed by atoms with Crippen molar-refractivity contribution in [3.8, 4) is 0 Å². The summed E-state index contributed by atoms with van der Waals surface area (Å²) in [4.78, 5) is 24.3. The number of carbonyl (C=O) groups excluding carboxylic acids is 2. The van der Waals surface area contributed by atoms with Crippen molar-refractivity contribution in [2.75, 3.05) is 12.3 Å². The monoisotopic (exact) mass is 307 g/mol. The van der Waals surface area contributed by atoms with E-state index in [1.54, 1.807) is 6.92 Å². The molecule has 1 amide bonds. The molecule has 1 aliphatic carbocycles. The van der Waals surface area contributed by atoms with Crippen LogP contribution in [0.15, 0.2) is 23.1 Å². The number of aryl methyl sites for hydroxylation is 2. The van der Waals surface area contributed by atoms with Crippen LogP contribution in [0.2, 0.25) is 0 Å². The molecule has 4 nitrogen and oxygen atoms in total. The smallest absolute Gasteiger partial charge is 0.317 e. The third-order valence-corrected chi connectivity index (χ3v) is 4.42. The Kier molecular flexibility index (Phi) is 5.67. The lowest BCUT2D eigenvalue weighted by molar-refractivity contribution is -0.152. The molecular weight excluding hydrogens is 286 g/mol. The lowest BCUT2D eigenvalue weighted by atomic mass is 10.1. The van der Waals surface area contributed by atoms with Crippen LogP contribution in [0.25, 0.3) is 0 Å². The van der Waals surface area contributed by atoms with Crippen LogP contribution in [0.4, 0.5) is 0 Å². The largest absolute Gasteiger partial charge is 0.452 e. The highest BCUT2D eigenvalue weighted by molar-refractivity contribution is 8.00. The molecule has 0 radical (unpaired) electrons. The van der Waals surface area contributed by atoms with Crippen molar-refractivity contribution in [2.24, 2.45) is 0 Å². The second kappa shape index (κ2) is 7.50. The summed E-state index contributed by atoms with van der Waals surface area (Å²) in [5.41, 5.74) is 2.82. The summed E-state index contributed by atoms with van der Waals surface area (Å²) >= 11 is 1.46. The standard InChI is InChI=1S/C16H21NO3S/c1-3-17-16(19)11(2)20-15(18)10-21-14-8-7-12-5-4-6-13(12)9-14/h7-9,11H,3-6,10H2,1-2H3,(H,17,19)/t11-/m1/s1. The van der Waals surface area contributed by atoms with Crippen molar-refractivity contribution in [1.82, 2.24) is 5.32 Å². The minimum absolute atomic E-state index is 0.225. The normalized spacial score (nSPS) is 14.4. The fraction of sp³-hybridized carbons (Fsp3) is 0.500. The van der Waals surface area contributed by atoms with E-state index in [-0.39, 0.29) is 17.6 Å². The molecule has 0 heterocycles. The maximum Gasteiger partial charge on any atom is 0.317 e. The number of likely N-dealkylation sites (N-methyl/N-ethyl adjacent to an activating group) is 1. The Morgan fingerprint density at radius 1 is 1.33 bits per heavy atom. The second-order valence-electron chi connectivity index (χ2n) is 5.10. The van der Waals surface area contributed by atoms with E-state index in [4.69, 9.17) is 4.74 Å². The van der Waals surface area contributed by atoms with Crippen LogP contribution in [0.5, 0.6) is 0 Å². The minimum atomic E-state index is -0.738. The van der Waals surface area contributed by atoms with E-state index in [0.29, 0.717) is 6.54 Å². The summed E-state index contributed by atoms with van der Waals surface area (Å²) < 4.78 is 5.11. The van der Waals surface area contributed by atoms with E-state index in [0.717, 1.165) is 17.7 Å². The Morgan fingerprint density at radius 3 is 2.86 bits per heavy atom. The van der Waals surface area contributed by atoms with Gasteiger partial charge < -0.3 is 10.1 Å². The van der Waals surface area contributed by atoms with Gasteiger partial charge in [-0.05, 0) is 56.4 Å². The van der Waals surface area contributed by atoms with E-state index in [2.05, 4.69) is 23.5 Å². The van der Waals surface area contributed by atoms with E-state index in [1.807, 2.05) is 6.92 Å². The van der Waals surface area contributed by atoms with Crippen LogP contribution in [0, 0.1) is 0 Å². The van der Waals surface area contributed by atoms with Gasteiger partial charge in [0, 0.05) is 11.4 Å². The molecule has 0 saturated heterocycles. The highest BCUT2D eigenvalue weighted by Gasteiger charge is 2.17. The molecule has 5 heteroatoms. The molecule has 0 spiro atoms. The van der Waals surface area contributed by atoms with Crippen molar-refractivity contribution >= 4 is 23.6 Å². The van der Waals surface area contributed by atoms with Gasteiger partial charge in [0.15, 0.2) is 6.10 Å². The van der Waals surface area contributed by atoms with E-state index in [9.17, 15) is 9.59 Å². The lowest BCUT2D eigenvalue weighted by Crippen LogP contribution is -2.35. The van der Waals surface area contributed by atoms with Crippen LogP contribution >= 0.6 is 11.8 Å². The predicted octanol–water partition coefficient (Wildman–Crippen LogP) is 2.34. The number of hydrogen-bond acceptors (Lipinski definition) is 4. The number of benzene rings is 1. The molecule has 0 bridgehead atoms. The van der Waals surface area contributed by atoms with Crippen LogP contribution < -0.4 is 5.32 Å². The fourth-order valence-electron chi connectivity index (χ4n) is 2.38. The first kappa shape index (κ1) is 15.9. The maximum atomic E-state index is 11.7. The van der Waals surface area contributed by atoms with Crippen molar-refractivity contribution in [1.29, 1.82) is 0 Å². The molecule has 2 rings (SSSR count). The SMILES string of the molecule is CCNC(=O)[C@@H](C)OC(=O)CSc1ccc2c(c1)CCC2. The molecule has 0 aromatic heterocycles. The first-order valence-corrected chi connectivity index (χ1v) is 8.30. The molecule has 114 valence electrons. The molecule has 1 aromatic rings. The molecule has 0 fully saturated rings. The summed E-state index contributed by atoms with van der Waals surface area (Å²) in [6.07, 6.45) is 2.77. The summed E-state index contributed by atoms with van der Waals surface area (Å²) in [7, 11) is 0. The Labute approximate surface area is 129 Å². The maximum absolute atomic E-state index is 11.7. The van der Waals surface area contributed by atoms with Crippen molar-refractivity contribution < 1.29 is 14.3 Å². The number of hydrogen-bond donors (Lipinski definition) is 1. The Bertz CT molecular complexity index is 530. The van der Waals surface area contributed by atoms with Gasteiger partial charge in [0.25, 0.3) is 5.91 Å². The van der Waals surface area contributed by atoms with Crippen molar-refractivity contribution in [3.63, 3.8) is 0 Å². The zero-order valence-electron chi connectivity index (χ0n) is 12.5. The number of amides is 1. The zero-order valence-corrected chi connectivity index (χ0v) is 13.3. The fourth-order valence-corrected chi connectivity index (χ4v) is 3.13. The van der Waals surface area contributed by atoms with Gasteiger partial charge >= 0.3 is 5.97 Å². The van der Waals surface area contributed by atoms with Gasteiger partial charge in [0.1, 0.15) is 0 Å². The van der Waals surface area contributed by atoms with E-state index >= 15 is 0 Å². The number of thioether (sulfide) groups is 1. The molecule has 1 atom stereocenters. The van der Waals surface area contributed by atoms with Crippen molar-refractivity contribution in [3.05, 3.63) is 29.3 Å². The average Bonchev–Trinajstić information content (AvgIpc) is 2.92. The Hall–Kier alpha value is -1.49. The predicted molar refractivity (Wildman–Crippen MR) is 83.4 cm³/mol. The van der Waals surface area contributed by atoms with Crippen LogP contribution in [0.1, 0.15) is 31.4 Å². The van der Waals surface area contributed by atoms with Gasteiger partial charge in [0.05, 0.1) is 5.75 Å². The second-order valence-corrected chi connectivity index (χ2v) is 6.15. The molecule has 21 heavy (non-hydrogen) atoms. The van der Waals surface area contributed by atoms with Gasteiger partial charge in [0.2, 0.25) is 0 Å². The van der Waals surface area contributed by atoms with Crippen LogP contribution in [-0.4, -0.2) is 30.3 Å². The molecule has 1 aromatic carbocycles. The number of carbonyl (C=O) groups is 2. The molecule has 0 aliphatic heterocycles. The first-order valence-electron chi connectivity index (χ1n) is 7.32. The Morgan fingerprint density at radius 2 is 2.10 bits per heavy atom. The van der Waals surface area contributed by atoms with Crippen LogP contribution in [0.3, 0.4) is 0 Å². The number of ether oxygens (including phenoxy) is 1. The number of esters is 1. The van der Waals surface area contributed by atoms with Gasteiger partial charge in [-0.3, -0.25) is 9.59 Å². The third-order valence-electron chi connectivity index (χ3n) is 3.46. The van der Waals surface area contributed by atoms with Gasteiger partial charge in [-0.2, -0.15) is 0 Å². The molecule has 1 aliphatic rings. The summed E-state index contributed by atoms with van der Waals surface area (Å²) in [6.45, 7) is 3.95. The van der Waals surface area contributed by atoms with Crippen molar-refractivity contribution in [2.45, 2.75) is 44.1 Å². The first-order chi connectivity index (χ1) is 10.1. The molecule has 0 saturated carbocycles.